The third-order valence-electron chi connectivity index (χ3n) is 6.17. The van der Waals surface area contributed by atoms with Gasteiger partial charge < -0.3 is 18.7 Å². The van der Waals surface area contributed by atoms with Crippen molar-refractivity contribution in [3.8, 4) is 5.88 Å². The van der Waals surface area contributed by atoms with Gasteiger partial charge in [-0.15, -0.1) is 0 Å². The first-order valence-electron chi connectivity index (χ1n) is 11.2. The Morgan fingerprint density at radius 3 is 2.12 bits per heavy atom. The second kappa shape index (κ2) is 9.54. The molecule has 0 aliphatic heterocycles. The van der Waals surface area contributed by atoms with Crippen LogP contribution in [0.25, 0.3) is 0 Å². The lowest BCUT2D eigenvalue weighted by molar-refractivity contribution is 0.0726. The fraction of sp³-hybridized carbons (Fsp3) is 0.500. The van der Waals surface area contributed by atoms with Crippen molar-refractivity contribution in [3.05, 3.63) is 57.9 Å². The summed E-state index contributed by atoms with van der Waals surface area (Å²) < 4.78 is 16.7. The number of amides is 1. The van der Waals surface area contributed by atoms with Crippen LogP contribution in [0.5, 0.6) is 5.88 Å². The maximum atomic E-state index is 13.6. The van der Waals surface area contributed by atoms with Crippen LogP contribution in [0.1, 0.15) is 76.5 Å². The molecule has 0 unspecified atom stereocenters. The standard InChI is InChI=1S/C24H30N4O4/c1-15-21(17(3)31-26-15)13-28(14-22-16(2)27-32-18(22)4)24(29)19-10-11-25-23(12-19)30-20-8-6-5-7-9-20/h10-12,20H,5-9,13-14H2,1-4H3. The minimum atomic E-state index is -0.124. The van der Waals surface area contributed by atoms with Gasteiger partial charge in [-0.25, -0.2) is 4.98 Å². The van der Waals surface area contributed by atoms with Crippen LogP contribution in [0.3, 0.4) is 0 Å². The highest BCUT2D eigenvalue weighted by Gasteiger charge is 2.24. The number of ether oxygens (including phenoxy) is 1. The van der Waals surface area contributed by atoms with Gasteiger partial charge in [-0.1, -0.05) is 16.7 Å². The summed E-state index contributed by atoms with van der Waals surface area (Å²) in [5, 5.41) is 8.08. The minimum Gasteiger partial charge on any atom is -0.474 e. The number of nitrogens with zero attached hydrogens (tertiary/aromatic N) is 4. The molecule has 8 nitrogen and oxygen atoms in total. The molecule has 1 saturated carbocycles. The largest absolute Gasteiger partial charge is 0.474 e. The van der Waals surface area contributed by atoms with E-state index in [9.17, 15) is 4.79 Å². The van der Waals surface area contributed by atoms with Gasteiger partial charge >= 0.3 is 0 Å². The lowest BCUT2D eigenvalue weighted by Gasteiger charge is -2.24. The maximum Gasteiger partial charge on any atom is 0.254 e. The maximum absolute atomic E-state index is 13.6. The molecular formula is C24H30N4O4. The second-order valence-electron chi connectivity index (χ2n) is 8.53. The van der Waals surface area contributed by atoms with Crippen LogP contribution in [-0.4, -0.2) is 32.2 Å². The molecule has 0 aromatic carbocycles. The Labute approximate surface area is 187 Å². The zero-order valence-corrected chi connectivity index (χ0v) is 19.2. The molecule has 0 radical (unpaired) electrons. The predicted molar refractivity (Wildman–Crippen MR) is 117 cm³/mol. The first kappa shape index (κ1) is 22.0. The normalized spacial score (nSPS) is 14.5. The molecule has 0 saturated heterocycles. The van der Waals surface area contributed by atoms with E-state index < -0.39 is 0 Å². The molecule has 1 fully saturated rings. The average Bonchev–Trinajstić information content (AvgIpc) is 3.29. The molecule has 8 heteroatoms. The van der Waals surface area contributed by atoms with Crippen LogP contribution in [-0.2, 0) is 13.1 Å². The van der Waals surface area contributed by atoms with Gasteiger partial charge in [-0.2, -0.15) is 0 Å². The van der Waals surface area contributed by atoms with Gasteiger partial charge in [0.05, 0.1) is 24.5 Å². The van der Waals surface area contributed by atoms with Crippen molar-refractivity contribution >= 4 is 5.91 Å². The Kier molecular flexibility index (Phi) is 6.58. The number of hydrogen-bond donors (Lipinski definition) is 0. The Bertz CT molecular complexity index is 994. The summed E-state index contributed by atoms with van der Waals surface area (Å²) in [5.74, 6) is 1.78. The summed E-state index contributed by atoms with van der Waals surface area (Å²) in [6.07, 6.45) is 7.47. The van der Waals surface area contributed by atoms with Crippen molar-refractivity contribution in [2.75, 3.05) is 0 Å². The molecule has 1 aliphatic carbocycles. The number of carbonyl (C=O) groups excluding carboxylic acids is 1. The van der Waals surface area contributed by atoms with Crippen LogP contribution in [0.4, 0.5) is 0 Å². The highest BCUT2D eigenvalue weighted by Crippen LogP contribution is 2.25. The SMILES string of the molecule is Cc1noc(C)c1CN(Cc1c(C)noc1C)C(=O)c1ccnc(OC2CCCCC2)c1. The lowest BCUT2D eigenvalue weighted by atomic mass is 9.98. The van der Waals surface area contributed by atoms with Crippen LogP contribution in [0.15, 0.2) is 27.4 Å². The van der Waals surface area contributed by atoms with E-state index in [1.807, 2.05) is 27.7 Å². The number of rotatable bonds is 7. The summed E-state index contributed by atoms with van der Waals surface area (Å²) in [6, 6.07) is 3.47. The zero-order chi connectivity index (χ0) is 22.7. The average molecular weight is 439 g/mol. The van der Waals surface area contributed by atoms with Gasteiger partial charge in [-0.05, 0) is 59.4 Å². The van der Waals surface area contributed by atoms with E-state index in [-0.39, 0.29) is 12.0 Å². The van der Waals surface area contributed by atoms with Gasteiger partial charge in [-0.3, -0.25) is 4.79 Å². The monoisotopic (exact) mass is 438 g/mol. The number of pyridine rings is 1. The van der Waals surface area contributed by atoms with Gasteiger partial charge in [0.2, 0.25) is 5.88 Å². The molecule has 0 bridgehead atoms. The minimum absolute atomic E-state index is 0.124. The first-order chi connectivity index (χ1) is 15.4. The summed E-state index contributed by atoms with van der Waals surface area (Å²) in [5.41, 5.74) is 3.88. The predicted octanol–water partition coefficient (Wildman–Crippen LogP) is 4.85. The molecule has 0 spiro atoms. The topological polar surface area (TPSA) is 94.5 Å². The Morgan fingerprint density at radius 1 is 1.00 bits per heavy atom. The molecule has 170 valence electrons. The molecule has 1 aliphatic rings. The smallest absolute Gasteiger partial charge is 0.254 e. The quantitative estimate of drug-likeness (QED) is 0.520. The first-order valence-corrected chi connectivity index (χ1v) is 11.2. The van der Waals surface area contributed by atoms with E-state index in [4.69, 9.17) is 13.8 Å². The van der Waals surface area contributed by atoms with Gasteiger partial charge in [0, 0.05) is 29.0 Å². The van der Waals surface area contributed by atoms with Crippen molar-refractivity contribution < 1.29 is 18.6 Å². The van der Waals surface area contributed by atoms with Crippen molar-refractivity contribution in [2.45, 2.75) is 79.0 Å². The molecule has 1 amide bonds. The number of aromatic nitrogens is 3. The van der Waals surface area contributed by atoms with E-state index in [1.54, 1.807) is 23.2 Å². The molecule has 32 heavy (non-hydrogen) atoms. The van der Waals surface area contributed by atoms with Crippen LogP contribution in [0, 0.1) is 27.7 Å². The van der Waals surface area contributed by atoms with E-state index in [0.29, 0.717) is 36.1 Å². The van der Waals surface area contributed by atoms with Crippen molar-refractivity contribution in [3.63, 3.8) is 0 Å². The summed E-state index contributed by atoms with van der Waals surface area (Å²) in [7, 11) is 0. The summed E-state index contributed by atoms with van der Waals surface area (Å²) >= 11 is 0. The molecular weight excluding hydrogens is 408 g/mol. The number of aryl methyl sites for hydroxylation is 4. The van der Waals surface area contributed by atoms with E-state index in [0.717, 1.165) is 35.4 Å². The highest BCUT2D eigenvalue weighted by molar-refractivity contribution is 5.94. The van der Waals surface area contributed by atoms with Crippen LogP contribution in [0.2, 0.25) is 0 Å². The molecule has 0 atom stereocenters. The Morgan fingerprint density at radius 2 is 1.59 bits per heavy atom. The van der Waals surface area contributed by atoms with Crippen LogP contribution >= 0.6 is 0 Å². The van der Waals surface area contributed by atoms with E-state index in [2.05, 4.69) is 15.3 Å². The molecule has 3 heterocycles. The Hall–Kier alpha value is -3.16. The zero-order valence-electron chi connectivity index (χ0n) is 19.2. The molecule has 0 N–H and O–H groups in total. The van der Waals surface area contributed by atoms with Gasteiger partial charge in [0.25, 0.3) is 5.91 Å². The molecule has 3 aromatic rings. The number of carbonyl (C=O) groups is 1. The van der Waals surface area contributed by atoms with Crippen LogP contribution < -0.4 is 4.74 Å². The third kappa shape index (κ3) is 4.84. The van der Waals surface area contributed by atoms with Crippen molar-refractivity contribution in [1.82, 2.24) is 20.2 Å². The lowest BCUT2D eigenvalue weighted by Crippen LogP contribution is -2.31. The van der Waals surface area contributed by atoms with Crippen molar-refractivity contribution in [2.24, 2.45) is 0 Å². The highest BCUT2D eigenvalue weighted by atomic mass is 16.5. The van der Waals surface area contributed by atoms with Crippen molar-refractivity contribution in [1.29, 1.82) is 0 Å². The third-order valence-corrected chi connectivity index (χ3v) is 6.17. The fourth-order valence-electron chi connectivity index (χ4n) is 4.18. The second-order valence-corrected chi connectivity index (χ2v) is 8.53. The van der Waals surface area contributed by atoms with Gasteiger partial charge in [0.1, 0.15) is 17.6 Å². The number of hydrogen-bond acceptors (Lipinski definition) is 7. The molecule has 3 aromatic heterocycles. The fourth-order valence-corrected chi connectivity index (χ4v) is 4.18. The summed E-state index contributed by atoms with van der Waals surface area (Å²) in [6.45, 7) is 8.21. The van der Waals surface area contributed by atoms with Gasteiger partial charge in [0.15, 0.2) is 0 Å². The molecule has 4 rings (SSSR count). The van der Waals surface area contributed by atoms with E-state index >= 15 is 0 Å². The van der Waals surface area contributed by atoms with E-state index in [1.165, 1.54) is 19.3 Å². The Balaban J connectivity index is 1.60. The summed E-state index contributed by atoms with van der Waals surface area (Å²) in [4.78, 5) is 19.7.